The molecule has 1 saturated carbocycles. The molecule has 1 aliphatic carbocycles. The van der Waals surface area contributed by atoms with Crippen LogP contribution in [0, 0.1) is 0 Å². The van der Waals surface area contributed by atoms with Crippen LogP contribution >= 0.6 is 0 Å². The van der Waals surface area contributed by atoms with E-state index in [2.05, 4.69) is 17.6 Å². The van der Waals surface area contributed by atoms with Gasteiger partial charge in [-0.3, -0.25) is 9.59 Å². The van der Waals surface area contributed by atoms with Crippen LogP contribution in [0.4, 0.5) is 5.69 Å². The van der Waals surface area contributed by atoms with Crippen molar-refractivity contribution >= 4 is 17.5 Å². The van der Waals surface area contributed by atoms with Crippen LogP contribution in [-0.4, -0.2) is 17.9 Å². The predicted molar refractivity (Wildman–Crippen MR) is 130 cm³/mol. The van der Waals surface area contributed by atoms with Crippen LogP contribution in [0.25, 0.3) is 0 Å². The molecular weight excluding hydrogens is 384 g/mol. The molecule has 2 amide bonds. The Morgan fingerprint density at radius 2 is 1.45 bits per heavy atom. The third kappa shape index (κ3) is 11.4. The van der Waals surface area contributed by atoms with Gasteiger partial charge in [0.05, 0.1) is 0 Å². The molecule has 31 heavy (non-hydrogen) atoms. The number of rotatable bonds is 15. The molecule has 0 radical (unpaired) electrons. The van der Waals surface area contributed by atoms with E-state index in [1.807, 2.05) is 18.2 Å². The molecule has 0 atom stereocenters. The first-order valence-electron chi connectivity index (χ1n) is 12.9. The lowest BCUT2D eigenvalue weighted by Crippen LogP contribution is -2.36. The Bertz CT molecular complexity index is 638. The van der Waals surface area contributed by atoms with Crippen LogP contribution in [0.15, 0.2) is 24.3 Å². The normalized spacial score (nSPS) is 14.4. The summed E-state index contributed by atoms with van der Waals surface area (Å²) in [7, 11) is 0. The van der Waals surface area contributed by atoms with Crippen molar-refractivity contribution < 1.29 is 9.59 Å². The number of benzene rings is 1. The van der Waals surface area contributed by atoms with Crippen LogP contribution < -0.4 is 10.6 Å². The zero-order chi connectivity index (χ0) is 22.2. The Morgan fingerprint density at radius 3 is 2.10 bits per heavy atom. The highest BCUT2D eigenvalue weighted by atomic mass is 16.2. The van der Waals surface area contributed by atoms with E-state index in [4.69, 9.17) is 0 Å². The van der Waals surface area contributed by atoms with Crippen molar-refractivity contribution in [3.8, 4) is 0 Å². The molecule has 1 aliphatic rings. The standard InChI is InChI=1S/C27H44N2O2/c1-2-3-4-5-6-7-8-9-10-11-15-21-26(30)28-25-20-16-17-23(22-25)27(31)29-24-18-13-12-14-19-24/h16-17,20,22,24H,2-15,18-19,21H2,1H3,(H,28,30)(H,29,31). The van der Waals surface area contributed by atoms with Crippen LogP contribution in [-0.2, 0) is 4.79 Å². The SMILES string of the molecule is CCCCCCCCCCCCCC(=O)Nc1cccc(C(=O)NC2CCCCC2)c1. The first-order chi connectivity index (χ1) is 15.2. The zero-order valence-electron chi connectivity index (χ0n) is 19.7. The van der Waals surface area contributed by atoms with Gasteiger partial charge in [0.25, 0.3) is 5.91 Å². The van der Waals surface area contributed by atoms with Gasteiger partial charge in [-0.15, -0.1) is 0 Å². The number of carbonyl (C=O) groups excluding carboxylic acids is 2. The van der Waals surface area contributed by atoms with Gasteiger partial charge < -0.3 is 10.6 Å². The molecule has 1 aromatic rings. The lowest BCUT2D eigenvalue weighted by molar-refractivity contribution is -0.116. The van der Waals surface area contributed by atoms with Gasteiger partial charge in [-0.1, -0.05) is 96.5 Å². The highest BCUT2D eigenvalue weighted by Gasteiger charge is 2.17. The summed E-state index contributed by atoms with van der Waals surface area (Å²) in [6.45, 7) is 2.26. The van der Waals surface area contributed by atoms with Crippen LogP contribution in [0.2, 0.25) is 0 Å². The number of nitrogens with one attached hydrogen (secondary N) is 2. The van der Waals surface area contributed by atoms with Crippen molar-refractivity contribution in [2.45, 2.75) is 122 Å². The van der Waals surface area contributed by atoms with Gasteiger partial charge in [-0.05, 0) is 37.5 Å². The van der Waals surface area contributed by atoms with E-state index < -0.39 is 0 Å². The second-order valence-corrected chi connectivity index (χ2v) is 9.22. The predicted octanol–water partition coefficient (Wildman–Crippen LogP) is 7.39. The molecule has 0 saturated heterocycles. The highest BCUT2D eigenvalue weighted by molar-refractivity contribution is 5.97. The van der Waals surface area contributed by atoms with Crippen LogP contribution in [0.5, 0.6) is 0 Å². The maximum atomic E-state index is 12.5. The van der Waals surface area contributed by atoms with Crippen molar-refractivity contribution in [3.63, 3.8) is 0 Å². The van der Waals surface area contributed by atoms with E-state index in [1.54, 1.807) is 6.07 Å². The van der Waals surface area contributed by atoms with E-state index in [1.165, 1.54) is 77.0 Å². The summed E-state index contributed by atoms with van der Waals surface area (Å²) in [5, 5.41) is 6.10. The van der Waals surface area contributed by atoms with Gasteiger partial charge in [0, 0.05) is 23.7 Å². The molecule has 1 aromatic carbocycles. The van der Waals surface area contributed by atoms with Crippen molar-refractivity contribution in [1.29, 1.82) is 0 Å². The number of unbranched alkanes of at least 4 members (excludes halogenated alkanes) is 10. The fourth-order valence-corrected chi connectivity index (χ4v) is 4.43. The van der Waals surface area contributed by atoms with Gasteiger partial charge in [0.1, 0.15) is 0 Å². The van der Waals surface area contributed by atoms with Gasteiger partial charge in [0.2, 0.25) is 5.91 Å². The molecule has 2 rings (SSSR count). The Kier molecular flexibility index (Phi) is 13.0. The molecule has 4 heteroatoms. The quantitative estimate of drug-likeness (QED) is 0.286. The lowest BCUT2D eigenvalue weighted by Gasteiger charge is -2.22. The number of hydrogen-bond acceptors (Lipinski definition) is 2. The summed E-state index contributed by atoms with van der Waals surface area (Å²) in [6, 6.07) is 7.60. The summed E-state index contributed by atoms with van der Waals surface area (Å²) < 4.78 is 0. The average Bonchev–Trinajstić information content (AvgIpc) is 2.78. The molecule has 2 N–H and O–H groups in total. The Balaban J connectivity index is 1.56. The fraction of sp³-hybridized carbons (Fsp3) is 0.704. The first kappa shape index (κ1) is 25.4. The minimum absolute atomic E-state index is 0.0339. The Hall–Kier alpha value is -1.84. The fourth-order valence-electron chi connectivity index (χ4n) is 4.43. The van der Waals surface area contributed by atoms with Gasteiger partial charge in [-0.25, -0.2) is 0 Å². The van der Waals surface area contributed by atoms with Crippen molar-refractivity contribution in [2.24, 2.45) is 0 Å². The van der Waals surface area contributed by atoms with E-state index in [0.29, 0.717) is 23.7 Å². The Labute approximate surface area is 190 Å². The number of carbonyl (C=O) groups is 2. The molecule has 0 aromatic heterocycles. The highest BCUT2D eigenvalue weighted by Crippen LogP contribution is 2.19. The third-order valence-corrected chi connectivity index (χ3v) is 6.36. The maximum absolute atomic E-state index is 12.5. The zero-order valence-corrected chi connectivity index (χ0v) is 19.7. The van der Waals surface area contributed by atoms with Gasteiger partial charge in [-0.2, -0.15) is 0 Å². The molecule has 1 fully saturated rings. The molecule has 4 nitrogen and oxygen atoms in total. The third-order valence-electron chi connectivity index (χ3n) is 6.36. The maximum Gasteiger partial charge on any atom is 0.251 e. The number of anilines is 1. The summed E-state index contributed by atoms with van der Waals surface area (Å²) in [4.78, 5) is 24.8. The van der Waals surface area contributed by atoms with Crippen molar-refractivity contribution in [1.82, 2.24) is 5.32 Å². The monoisotopic (exact) mass is 428 g/mol. The smallest absolute Gasteiger partial charge is 0.251 e. The first-order valence-corrected chi connectivity index (χ1v) is 12.9. The topological polar surface area (TPSA) is 58.2 Å². The van der Waals surface area contributed by atoms with Gasteiger partial charge in [0.15, 0.2) is 0 Å². The molecule has 0 unspecified atom stereocenters. The molecule has 0 aliphatic heterocycles. The Morgan fingerprint density at radius 1 is 0.839 bits per heavy atom. The van der Waals surface area contributed by atoms with E-state index >= 15 is 0 Å². The molecule has 0 bridgehead atoms. The van der Waals surface area contributed by atoms with Crippen molar-refractivity contribution in [3.05, 3.63) is 29.8 Å². The van der Waals surface area contributed by atoms with Gasteiger partial charge >= 0.3 is 0 Å². The summed E-state index contributed by atoms with van der Waals surface area (Å²) in [5.41, 5.74) is 1.34. The summed E-state index contributed by atoms with van der Waals surface area (Å²) in [6.07, 6.45) is 20.4. The summed E-state index contributed by atoms with van der Waals surface area (Å²) in [5.74, 6) is 0.00845. The number of amides is 2. The van der Waals surface area contributed by atoms with Crippen LogP contribution in [0.1, 0.15) is 126 Å². The minimum Gasteiger partial charge on any atom is -0.349 e. The molecule has 0 spiro atoms. The summed E-state index contributed by atoms with van der Waals surface area (Å²) >= 11 is 0. The average molecular weight is 429 g/mol. The lowest BCUT2D eigenvalue weighted by atomic mass is 9.95. The minimum atomic E-state index is -0.0339. The van der Waals surface area contributed by atoms with Crippen LogP contribution in [0.3, 0.4) is 0 Å². The van der Waals surface area contributed by atoms with E-state index in [9.17, 15) is 9.59 Å². The van der Waals surface area contributed by atoms with E-state index in [0.717, 1.165) is 25.7 Å². The van der Waals surface area contributed by atoms with E-state index in [-0.39, 0.29) is 11.8 Å². The largest absolute Gasteiger partial charge is 0.349 e. The second kappa shape index (κ2) is 15.9. The van der Waals surface area contributed by atoms with Crippen molar-refractivity contribution in [2.75, 3.05) is 5.32 Å². The number of hydrogen-bond donors (Lipinski definition) is 2. The second-order valence-electron chi connectivity index (χ2n) is 9.22. The molecule has 0 heterocycles. The molecule has 174 valence electrons. The molecular formula is C27H44N2O2.